The summed E-state index contributed by atoms with van der Waals surface area (Å²) < 4.78 is 80.5. The molecule has 0 radical (unpaired) electrons. The van der Waals surface area contributed by atoms with Gasteiger partial charge in [-0.2, -0.15) is 0 Å². The van der Waals surface area contributed by atoms with Crippen LogP contribution in [0, 0.1) is 6.07 Å². The molecule has 0 saturated carbocycles. The van der Waals surface area contributed by atoms with E-state index in [2.05, 4.69) is 50.0 Å². The monoisotopic (exact) mass is 948 g/mol. The zero-order valence-corrected chi connectivity index (χ0v) is 36.1. The van der Waals surface area contributed by atoms with Crippen LogP contribution in [0.3, 0.4) is 0 Å². The molecule has 58 heavy (non-hydrogen) atoms. The Morgan fingerprint density at radius 2 is 1.40 bits per heavy atom. The van der Waals surface area contributed by atoms with Gasteiger partial charge in [0.25, 0.3) is 0 Å². The second-order valence-corrected chi connectivity index (χ2v) is 16.6. The average Bonchev–Trinajstić information content (AvgIpc) is 3.66. The number of pyridine rings is 1. The number of hydrogen-bond acceptors (Lipinski definition) is 3. The molecule has 0 atom stereocenters. The molecule has 5 heteroatoms. The molecular weight excluding hydrogens is 890 g/mol. The quantitative estimate of drug-likeness (QED) is 0.162. The first kappa shape index (κ1) is 30.5. The fraction of sp³-hybridized carbons (Fsp3) is 0.208. The number of benzene rings is 6. The number of para-hydroxylation sites is 2. The van der Waals surface area contributed by atoms with Crippen molar-refractivity contribution in [1.29, 1.82) is 0 Å². The Labute approximate surface area is 370 Å². The van der Waals surface area contributed by atoms with Gasteiger partial charge in [-0.25, -0.2) is 4.98 Å². The number of nitrogens with zero attached hydrogens (tertiary/aromatic N) is 3. The number of phenolic OH excluding ortho intramolecular Hbond substituents is 1. The Kier molecular flexibility index (Phi) is 8.41. The van der Waals surface area contributed by atoms with Crippen LogP contribution in [-0.2, 0) is 31.9 Å². The molecule has 0 aliphatic carbocycles. The van der Waals surface area contributed by atoms with Crippen LogP contribution in [0.25, 0.3) is 72.7 Å². The number of aromatic hydroxyl groups is 1. The zero-order valence-electron chi connectivity index (χ0n) is 42.8. The van der Waals surface area contributed by atoms with E-state index in [0.29, 0.717) is 39.1 Å². The van der Waals surface area contributed by atoms with E-state index in [-0.39, 0.29) is 55.1 Å². The van der Waals surface area contributed by atoms with E-state index in [0.717, 1.165) is 33.5 Å². The van der Waals surface area contributed by atoms with Crippen LogP contribution in [0.1, 0.15) is 90.3 Å². The molecule has 8 aromatic rings. The van der Waals surface area contributed by atoms with E-state index >= 15 is 0 Å². The molecule has 0 aliphatic heterocycles. The maximum Gasteiger partial charge on any atom is 0.148 e. The van der Waals surface area contributed by atoms with Crippen molar-refractivity contribution in [3.63, 3.8) is 0 Å². The van der Waals surface area contributed by atoms with Gasteiger partial charge in [0.05, 0.1) is 27.6 Å². The van der Waals surface area contributed by atoms with Gasteiger partial charge < -0.3 is 5.11 Å². The van der Waals surface area contributed by atoms with Gasteiger partial charge in [0.2, 0.25) is 0 Å². The van der Waals surface area contributed by atoms with Crippen LogP contribution in [0.5, 0.6) is 5.75 Å². The largest absolute Gasteiger partial charge is 0.507 e. The number of rotatable bonds is 7. The first-order chi connectivity index (χ1) is 30.9. The first-order valence-electron chi connectivity index (χ1n) is 23.6. The van der Waals surface area contributed by atoms with Crippen molar-refractivity contribution in [2.24, 2.45) is 0 Å². The van der Waals surface area contributed by atoms with Crippen LogP contribution in [0.4, 0.5) is 0 Å². The average molecular weight is 949 g/mol. The van der Waals surface area contributed by atoms with Crippen LogP contribution < -0.4 is 0 Å². The van der Waals surface area contributed by atoms with Crippen LogP contribution >= 0.6 is 0 Å². The number of imidazole rings is 1. The third-order valence-corrected chi connectivity index (χ3v) is 10.3. The molecule has 0 amide bonds. The minimum absolute atomic E-state index is 0. The second kappa shape index (κ2) is 16.0. The third-order valence-electron chi connectivity index (χ3n) is 10.3. The molecule has 0 aliphatic rings. The van der Waals surface area contributed by atoms with Crippen molar-refractivity contribution in [3.8, 4) is 67.5 Å². The Bertz CT molecular complexity index is 3240. The summed E-state index contributed by atoms with van der Waals surface area (Å²) in [5, 5.41) is 11.4. The summed E-state index contributed by atoms with van der Waals surface area (Å²) >= 11 is 0. The predicted molar refractivity (Wildman–Crippen MR) is 238 cm³/mol. The molecule has 0 bridgehead atoms. The Hall–Kier alpha value is -5.57. The predicted octanol–water partition coefficient (Wildman–Crippen LogP) is 14.0. The summed E-state index contributed by atoms with van der Waals surface area (Å²) in [6.07, 6.45) is -0.532. The molecule has 2 heterocycles. The number of hydrogen-bond donors (Lipinski definition) is 1. The van der Waals surface area contributed by atoms with Gasteiger partial charge in [-0.15, -0.1) is 29.3 Å². The van der Waals surface area contributed by atoms with Crippen molar-refractivity contribution in [3.05, 3.63) is 168 Å². The van der Waals surface area contributed by atoms with Crippen LogP contribution in [0.15, 0.2) is 146 Å². The number of aromatic nitrogens is 3. The van der Waals surface area contributed by atoms with Crippen LogP contribution in [0.2, 0.25) is 0 Å². The van der Waals surface area contributed by atoms with Crippen molar-refractivity contribution in [2.75, 3.05) is 0 Å². The fourth-order valence-corrected chi connectivity index (χ4v) is 7.33. The van der Waals surface area contributed by atoms with Crippen molar-refractivity contribution < 1.29 is 38.5 Å². The summed E-state index contributed by atoms with van der Waals surface area (Å²) in [6, 6.07) is 30.5. The SMILES string of the molecule is [2H]c1nc(-c2[c-]c(-c3cccc4c3nc(-c3ccccc3O)n4-c3ccc(-c4ccccc4C(C)(C)C)c(C([2H])(C)C)c3)cc(C(C)(C)C)c2)c([2H])c(-c2c([2H])c([2H])c([2H])c([2H])c2[2H])c1[2H].[Pt]. The van der Waals surface area contributed by atoms with Crippen molar-refractivity contribution in [1.82, 2.24) is 14.5 Å². The van der Waals surface area contributed by atoms with Gasteiger partial charge in [0.15, 0.2) is 0 Å². The Morgan fingerprint density at radius 3 is 2.10 bits per heavy atom. The van der Waals surface area contributed by atoms with Gasteiger partial charge in [0, 0.05) is 40.0 Å². The van der Waals surface area contributed by atoms with E-state index in [1.54, 1.807) is 12.1 Å². The Balaban J connectivity index is 0.00000666. The van der Waals surface area contributed by atoms with E-state index in [1.165, 1.54) is 0 Å². The molecule has 1 N–H and O–H groups in total. The summed E-state index contributed by atoms with van der Waals surface area (Å²) in [7, 11) is 0. The molecule has 0 unspecified atom stereocenters. The minimum Gasteiger partial charge on any atom is -0.507 e. The molecule has 6 aromatic carbocycles. The van der Waals surface area contributed by atoms with E-state index < -0.39 is 53.7 Å². The summed E-state index contributed by atoms with van der Waals surface area (Å²) in [5.41, 5.74) is 7.51. The van der Waals surface area contributed by atoms with Gasteiger partial charge in [-0.3, -0.25) is 9.55 Å². The molecule has 0 spiro atoms. The summed E-state index contributed by atoms with van der Waals surface area (Å²) in [5.74, 6) is -0.526. The first-order valence-corrected chi connectivity index (χ1v) is 19.1. The minimum atomic E-state index is -1.02. The van der Waals surface area contributed by atoms with Crippen LogP contribution in [-0.4, -0.2) is 19.6 Å². The molecule has 294 valence electrons. The standard InChI is InChI=1S/C53H50N3O.Pt/c1-34(2)45-33-40(25-26-42(45)43-19-12-14-22-46(43)53(6,7)8)56-48-23-16-21-41(50(48)55-51(56)44-20-13-15-24-49(44)57)37-29-38(31-39(30-37)52(3,4)5)47-32-36(27-28-54-47)35-17-10-9-11-18-35;/h9-28,30-34,57H,1-8H3;/q-1;/i9D,10D,11D,17D,18D,27D,28D,32D,34D;. The molecule has 2 aromatic heterocycles. The summed E-state index contributed by atoms with van der Waals surface area (Å²) in [6.45, 7) is 16.4. The summed E-state index contributed by atoms with van der Waals surface area (Å²) in [4.78, 5) is 9.68. The number of phenols is 1. The van der Waals surface area contributed by atoms with E-state index in [4.69, 9.17) is 14.6 Å². The normalized spacial score (nSPS) is 14.2. The maximum atomic E-state index is 11.4. The van der Waals surface area contributed by atoms with Crippen molar-refractivity contribution in [2.45, 2.75) is 72.1 Å². The number of fused-ring (bicyclic) bond motifs is 1. The van der Waals surface area contributed by atoms with Gasteiger partial charge in [-0.1, -0.05) is 157 Å². The maximum absolute atomic E-state index is 11.4. The smallest absolute Gasteiger partial charge is 0.148 e. The molecule has 0 saturated heterocycles. The van der Waals surface area contributed by atoms with E-state index in [9.17, 15) is 7.85 Å². The molecule has 0 fully saturated rings. The topological polar surface area (TPSA) is 50.9 Å². The molecule has 4 nitrogen and oxygen atoms in total. The van der Waals surface area contributed by atoms with E-state index in [1.807, 2.05) is 106 Å². The van der Waals surface area contributed by atoms with Gasteiger partial charge in [-0.05, 0) is 86.5 Å². The molecular formula is C53H50N3OPt-. The fourth-order valence-electron chi connectivity index (χ4n) is 7.33. The Morgan fingerprint density at radius 1 is 0.707 bits per heavy atom. The third kappa shape index (κ3) is 7.83. The van der Waals surface area contributed by atoms with Crippen molar-refractivity contribution >= 4 is 11.0 Å². The van der Waals surface area contributed by atoms with Gasteiger partial charge >= 0.3 is 0 Å². The molecule has 8 rings (SSSR count). The second-order valence-electron chi connectivity index (χ2n) is 16.6. The zero-order chi connectivity index (χ0) is 47.9. The van der Waals surface area contributed by atoms with Gasteiger partial charge in [0.1, 0.15) is 11.6 Å².